The van der Waals surface area contributed by atoms with Crippen molar-refractivity contribution in [3.8, 4) is 5.75 Å². The van der Waals surface area contributed by atoms with Crippen LogP contribution in [0.3, 0.4) is 0 Å². The third-order valence-electron chi connectivity index (χ3n) is 2.88. The number of aliphatic hydroxyl groups excluding tert-OH is 1. The lowest BCUT2D eigenvalue weighted by Crippen LogP contribution is -2.42. The zero-order valence-electron chi connectivity index (χ0n) is 10.6. The summed E-state index contributed by atoms with van der Waals surface area (Å²) in [5.74, 6) is 0.820. The molecule has 5 nitrogen and oxygen atoms in total. The second kappa shape index (κ2) is 5.27. The average molecular weight is 250 g/mol. The van der Waals surface area contributed by atoms with E-state index >= 15 is 0 Å². The third-order valence-corrected chi connectivity index (χ3v) is 2.88. The molecule has 0 saturated heterocycles. The van der Waals surface area contributed by atoms with Crippen LogP contribution in [0.1, 0.15) is 18.5 Å². The van der Waals surface area contributed by atoms with E-state index < -0.39 is 6.10 Å². The SMILES string of the molecule is CC(O)CN(C)C(=O)NC1COc2ccccc21. The van der Waals surface area contributed by atoms with Crippen LogP contribution in [0.15, 0.2) is 24.3 Å². The van der Waals surface area contributed by atoms with Crippen molar-refractivity contribution in [1.82, 2.24) is 10.2 Å². The number of rotatable bonds is 3. The molecular formula is C13H18N2O3. The van der Waals surface area contributed by atoms with Crippen LogP contribution in [0.2, 0.25) is 0 Å². The van der Waals surface area contributed by atoms with Gasteiger partial charge in [0, 0.05) is 19.2 Å². The zero-order chi connectivity index (χ0) is 13.1. The van der Waals surface area contributed by atoms with Crippen molar-refractivity contribution in [3.05, 3.63) is 29.8 Å². The number of para-hydroxylation sites is 1. The Morgan fingerprint density at radius 2 is 2.33 bits per heavy atom. The largest absolute Gasteiger partial charge is 0.491 e. The summed E-state index contributed by atoms with van der Waals surface area (Å²) in [7, 11) is 1.66. The van der Waals surface area contributed by atoms with Gasteiger partial charge in [-0.05, 0) is 13.0 Å². The lowest BCUT2D eigenvalue weighted by atomic mass is 10.1. The van der Waals surface area contributed by atoms with Gasteiger partial charge in [0.15, 0.2) is 0 Å². The van der Waals surface area contributed by atoms with E-state index in [-0.39, 0.29) is 12.1 Å². The topological polar surface area (TPSA) is 61.8 Å². The maximum absolute atomic E-state index is 11.9. The van der Waals surface area contributed by atoms with E-state index in [2.05, 4.69) is 5.32 Å². The first-order valence-corrected chi connectivity index (χ1v) is 5.99. The molecule has 0 aliphatic carbocycles. The number of amides is 2. The van der Waals surface area contributed by atoms with Crippen LogP contribution in [0, 0.1) is 0 Å². The Morgan fingerprint density at radius 3 is 3.06 bits per heavy atom. The molecule has 1 aliphatic rings. The summed E-state index contributed by atoms with van der Waals surface area (Å²) < 4.78 is 5.49. The van der Waals surface area contributed by atoms with Crippen molar-refractivity contribution in [3.63, 3.8) is 0 Å². The predicted molar refractivity (Wildman–Crippen MR) is 67.5 cm³/mol. The van der Waals surface area contributed by atoms with Gasteiger partial charge in [0.2, 0.25) is 0 Å². The van der Waals surface area contributed by atoms with Crippen molar-refractivity contribution < 1.29 is 14.6 Å². The number of fused-ring (bicyclic) bond motifs is 1. The van der Waals surface area contributed by atoms with Gasteiger partial charge in [-0.1, -0.05) is 18.2 Å². The molecular weight excluding hydrogens is 232 g/mol. The molecule has 5 heteroatoms. The highest BCUT2D eigenvalue weighted by Crippen LogP contribution is 2.31. The number of ether oxygens (including phenoxy) is 1. The molecule has 0 saturated carbocycles. The average Bonchev–Trinajstić information content (AvgIpc) is 2.72. The molecule has 0 bridgehead atoms. The lowest BCUT2D eigenvalue weighted by Gasteiger charge is -2.21. The van der Waals surface area contributed by atoms with E-state index in [1.165, 1.54) is 4.90 Å². The number of carbonyl (C=O) groups excluding carboxylic acids is 1. The van der Waals surface area contributed by atoms with Gasteiger partial charge in [-0.25, -0.2) is 4.79 Å². The van der Waals surface area contributed by atoms with E-state index in [1.54, 1.807) is 14.0 Å². The minimum atomic E-state index is -0.534. The molecule has 0 radical (unpaired) electrons. The molecule has 2 amide bonds. The highest BCUT2D eigenvalue weighted by molar-refractivity contribution is 5.74. The van der Waals surface area contributed by atoms with E-state index in [0.29, 0.717) is 13.2 Å². The van der Waals surface area contributed by atoms with E-state index in [4.69, 9.17) is 4.74 Å². The summed E-state index contributed by atoms with van der Waals surface area (Å²) in [4.78, 5) is 13.4. The predicted octanol–water partition coefficient (Wildman–Crippen LogP) is 1.14. The van der Waals surface area contributed by atoms with Gasteiger partial charge in [0.05, 0.1) is 12.1 Å². The van der Waals surface area contributed by atoms with Gasteiger partial charge in [-0.15, -0.1) is 0 Å². The van der Waals surface area contributed by atoms with Crippen LogP contribution in [0.5, 0.6) is 5.75 Å². The summed E-state index contributed by atoms with van der Waals surface area (Å²) in [6.07, 6.45) is -0.534. The maximum atomic E-state index is 11.9. The van der Waals surface area contributed by atoms with Crippen LogP contribution in [0.4, 0.5) is 4.79 Å². The fourth-order valence-corrected chi connectivity index (χ4v) is 2.02. The van der Waals surface area contributed by atoms with Gasteiger partial charge >= 0.3 is 6.03 Å². The molecule has 2 atom stereocenters. The molecule has 2 rings (SSSR count). The Bertz CT molecular complexity index is 434. The number of nitrogens with zero attached hydrogens (tertiary/aromatic N) is 1. The molecule has 1 aliphatic heterocycles. The highest BCUT2D eigenvalue weighted by atomic mass is 16.5. The fourth-order valence-electron chi connectivity index (χ4n) is 2.02. The molecule has 0 spiro atoms. The van der Waals surface area contributed by atoms with Crippen molar-refractivity contribution in [1.29, 1.82) is 0 Å². The van der Waals surface area contributed by atoms with Gasteiger partial charge < -0.3 is 20.1 Å². The second-order valence-electron chi connectivity index (χ2n) is 4.58. The number of urea groups is 1. The molecule has 98 valence electrons. The molecule has 0 aromatic heterocycles. The lowest BCUT2D eigenvalue weighted by molar-refractivity contribution is 0.141. The van der Waals surface area contributed by atoms with Gasteiger partial charge in [0.25, 0.3) is 0 Å². The maximum Gasteiger partial charge on any atom is 0.317 e. The molecule has 2 unspecified atom stereocenters. The summed E-state index contributed by atoms with van der Waals surface area (Å²) in [6.45, 7) is 2.41. The smallest absolute Gasteiger partial charge is 0.317 e. The number of benzene rings is 1. The Hall–Kier alpha value is -1.75. The van der Waals surface area contributed by atoms with Gasteiger partial charge in [-0.3, -0.25) is 0 Å². The number of hydrogen-bond acceptors (Lipinski definition) is 3. The monoisotopic (exact) mass is 250 g/mol. The van der Waals surface area contributed by atoms with Crippen molar-refractivity contribution >= 4 is 6.03 Å². The van der Waals surface area contributed by atoms with E-state index in [9.17, 15) is 9.90 Å². The molecule has 18 heavy (non-hydrogen) atoms. The van der Waals surface area contributed by atoms with Crippen LogP contribution in [0.25, 0.3) is 0 Å². The zero-order valence-corrected chi connectivity index (χ0v) is 10.6. The quantitative estimate of drug-likeness (QED) is 0.845. The third kappa shape index (κ3) is 2.73. The molecule has 1 aromatic carbocycles. The Kier molecular flexibility index (Phi) is 3.72. The highest BCUT2D eigenvalue weighted by Gasteiger charge is 2.26. The number of hydrogen-bond donors (Lipinski definition) is 2. The Labute approximate surface area is 106 Å². The molecule has 2 N–H and O–H groups in total. The first kappa shape index (κ1) is 12.7. The minimum absolute atomic E-state index is 0.120. The van der Waals surface area contributed by atoms with Crippen molar-refractivity contribution in [2.24, 2.45) is 0 Å². The molecule has 1 aromatic rings. The first-order chi connectivity index (χ1) is 8.58. The normalized spacial score (nSPS) is 18.7. The summed E-state index contributed by atoms with van der Waals surface area (Å²) in [5.41, 5.74) is 0.997. The molecule has 0 fully saturated rings. The van der Waals surface area contributed by atoms with Crippen LogP contribution in [-0.2, 0) is 0 Å². The van der Waals surface area contributed by atoms with Crippen LogP contribution < -0.4 is 10.1 Å². The molecule has 1 heterocycles. The van der Waals surface area contributed by atoms with Gasteiger partial charge in [-0.2, -0.15) is 0 Å². The summed E-state index contributed by atoms with van der Waals surface area (Å²) in [5, 5.41) is 12.1. The van der Waals surface area contributed by atoms with Crippen molar-refractivity contribution in [2.45, 2.75) is 19.1 Å². The number of aliphatic hydroxyl groups is 1. The summed E-state index contributed by atoms with van der Waals surface area (Å²) >= 11 is 0. The second-order valence-corrected chi connectivity index (χ2v) is 4.58. The van der Waals surface area contributed by atoms with Gasteiger partial charge in [0.1, 0.15) is 12.4 Å². The minimum Gasteiger partial charge on any atom is -0.491 e. The van der Waals surface area contributed by atoms with Crippen LogP contribution >= 0.6 is 0 Å². The Balaban J connectivity index is 1.97. The number of nitrogens with one attached hydrogen (secondary N) is 1. The first-order valence-electron chi connectivity index (χ1n) is 5.99. The number of likely N-dealkylation sites (N-methyl/N-ethyl adjacent to an activating group) is 1. The standard InChI is InChI=1S/C13H18N2O3/c1-9(16)7-15(2)13(17)14-11-8-18-12-6-4-3-5-10(11)12/h3-6,9,11,16H,7-8H2,1-2H3,(H,14,17). The Morgan fingerprint density at radius 1 is 1.61 bits per heavy atom. The number of carbonyl (C=O) groups is 1. The summed E-state index contributed by atoms with van der Waals surface area (Å²) in [6, 6.07) is 7.34. The van der Waals surface area contributed by atoms with Crippen molar-refractivity contribution in [2.75, 3.05) is 20.2 Å². The van der Waals surface area contributed by atoms with E-state index in [1.807, 2.05) is 24.3 Å². The fraction of sp³-hybridized carbons (Fsp3) is 0.462. The van der Waals surface area contributed by atoms with E-state index in [0.717, 1.165) is 11.3 Å². The van der Waals surface area contributed by atoms with Crippen LogP contribution in [-0.4, -0.2) is 42.3 Å².